The summed E-state index contributed by atoms with van der Waals surface area (Å²) in [6.45, 7) is 4.27. The molecule has 0 aromatic rings. The molecule has 1 unspecified atom stereocenters. The molecule has 4 nitrogen and oxygen atoms in total. The van der Waals surface area contributed by atoms with Crippen molar-refractivity contribution in [2.24, 2.45) is 0 Å². The van der Waals surface area contributed by atoms with Crippen LogP contribution in [-0.2, 0) is 14.3 Å². The van der Waals surface area contributed by atoms with E-state index in [1.807, 2.05) is 4.90 Å². The van der Waals surface area contributed by atoms with Gasteiger partial charge in [-0.2, -0.15) is 0 Å². The molecule has 94 valence electrons. The molecule has 4 heteroatoms. The van der Waals surface area contributed by atoms with E-state index in [1.54, 1.807) is 7.11 Å². The third-order valence-electron chi connectivity index (χ3n) is 3.08. The number of carbonyl (C=O) groups is 1. The van der Waals surface area contributed by atoms with Gasteiger partial charge in [0.25, 0.3) is 0 Å². The second-order valence-corrected chi connectivity index (χ2v) is 4.19. The van der Waals surface area contributed by atoms with Crippen LogP contribution in [0.2, 0.25) is 0 Å². The minimum Gasteiger partial charge on any atom is -0.382 e. The highest BCUT2D eigenvalue weighted by Gasteiger charge is 2.24. The molecule has 1 amide bonds. The number of nitrogens with zero attached hydrogens (tertiary/aromatic N) is 1. The lowest BCUT2D eigenvalue weighted by molar-refractivity contribution is -0.140. The Morgan fingerprint density at radius 2 is 2.19 bits per heavy atom. The van der Waals surface area contributed by atoms with Crippen molar-refractivity contribution in [3.8, 4) is 0 Å². The van der Waals surface area contributed by atoms with Crippen molar-refractivity contribution in [2.45, 2.75) is 38.6 Å². The summed E-state index contributed by atoms with van der Waals surface area (Å²) in [6.07, 6.45) is 4.55. The van der Waals surface area contributed by atoms with Crippen LogP contribution in [0.3, 0.4) is 0 Å². The van der Waals surface area contributed by atoms with Gasteiger partial charge in [-0.1, -0.05) is 6.92 Å². The average molecular weight is 229 g/mol. The Morgan fingerprint density at radius 1 is 1.38 bits per heavy atom. The molecule has 1 fully saturated rings. The monoisotopic (exact) mass is 229 g/mol. The number of rotatable bonds is 6. The summed E-state index contributed by atoms with van der Waals surface area (Å²) >= 11 is 0. The SMILES string of the molecule is CCC1CCCCN1C(=O)COCCOC. The summed E-state index contributed by atoms with van der Waals surface area (Å²) in [5, 5.41) is 0. The number of hydrogen-bond donors (Lipinski definition) is 0. The van der Waals surface area contributed by atoms with Gasteiger partial charge in [0, 0.05) is 19.7 Å². The van der Waals surface area contributed by atoms with Crippen molar-refractivity contribution in [3.63, 3.8) is 0 Å². The van der Waals surface area contributed by atoms with E-state index < -0.39 is 0 Å². The molecule has 1 saturated heterocycles. The summed E-state index contributed by atoms with van der Waals surface area (Å²) in [4.78, 5) is 13.9. The molecule has 1 heterocycles. The van der Waals surface area contributed by atoms with E-state index in [0.717, 1.165) is 25.8 Å². The molecule has 0 aromatic carbocycles. The van der Waals surface area contributed by atoms with Gasteiger partial charge in [0.2, 0.25) is 5.91 Å². The fourth-order valence-corrected chi connectivity index (χ4v) is 2.14. The number of ether oxygens (including phenoxy) is 2. The molecular weight excluding hydrogens is 206 g/mol. The normalized spacial score (nSPS) is 21.1. The Kier molecular flexibility index (Phi) is 6.42. The van der Waals surface area contributed by atoms with Crippen LogP contribution in [0, 0.1) is 0 Å². The van der Waals surface area contributed by atoms with Crippen molar-refractivity contribution < 1.29 is 14.3 Å². The van der Waals surface area contributed by atoms with Crippen LogP contribution >= 0.6 is 0 Å². The third-order valence-corrected chi connectivity index (χ3v) is 3.08. The average Bonchev–Trinajstić information content (AvgIpc) is 2.34. The van der Waals surface area contributed by atoms with Gasteiger partial charge in [0.15, 0.2) is 0 Å². The summed E-state index contributed by atoms with van der Waals surface area (Å²) in [7, 11) is 1.63. The highest BCUT2D eigenvalue weighted by Crippen LogP contribution is 2.19. The first kappa shape index (κ1) is 13.5. The molecule has 0 bridgehead atoms. The van der Waals surface area contributed by atoms with E-state index >= 15 is 0 Å². The lowest BCUT2D eigenvalue weighted by Crippen LogP contribution is -2.45. The zero-order chi connectivity index (χ0) is 11.8. The molecule has 1 aliphatic rings. The first-order chi connectivity index (χ1) is 7.79. The molecule has 0 N–H and O–H groups in total. The second kappa shape index (κ2) is 7.63. The van der Waals surface area contributed by atoms with Gasteiger partial charge in [-0.15, -0.1) is 0 Å². The quantitative estimate of drug-likeness (QED) is 0.647. The zero-order valence-corrected chi connectivity index (χ0v) is 10.4. The standard InChI is InChI=1S/C12H23NO3/c1-3-11-6-4-5-7-13(11)12(14)10-16-9-8-15-2/h11H,3-10H2,1-2H3. The Labute approximate surface area is 97.9 Å². The summed E-state index contributed by atoms with van der Waals surface area (Å²) < 4.78 is 10.1. The summed E-state index contributed by atoms with van der Waals surface area (Å²) in [5.41, 5.74) is 0. The first-order valence-electron chi connectivity index (χ1n) is 6.15. The number of likely N-dealkylation sites (tertiary alicyclic amines) is 1. The molecular formula is C12H23NO3. The second-order valence-electron chi connectivity index (χ2n) is 4.19. The number of carbonyl (C=O) groups excluding carboxylic acids is 1. The van der Waals surface area contributed by atoms with Crippen LogP contribution in [0.15, 0.2) is 0 Å². The lowest BCUT2D eigenvalue weighted by atomic mass is 10.00. The minimum absolute atomic E-state index is 0.127. The van der Waals surface area contributed by atoms with Crippen LogP contribution in [-0.4, -0.2) is 50.3 Å². The molecule has 0 radical (unpaired) electrons. The van der Waals surface area contributed by atoms with Gasteiger partial charge >= 0.3 is 0 Å². The fraction of sp³-hybridized carbons (Fsp3) is 0.917. The van der Waals surface area contributed by atoms with Gasteiger partial charge in [0.1, 0.15) is 6.61 Å². The topological polar surface area (TPSA) is 38.8 Å². The molecule has 16 heavy (non-hydrogen) atoms. The largest absolute Gasteiger partial charge is 0.382 e. The van der Waals surface area contributed by atoms with Crippen LogP contribution < -0.4 is 0 Å². The number of amides is 1. The Morgan fingerprint density at radius 3 is 2.88 bits per heavy atom. The van der Waals surface area contributed by atoms with Crippen LogP contribution in [0.5, 0.6) is 0 Å². The van der Waals surface area contributed by atoms with Gasteiger partial charge < -0.3 is 14.4 Å². The van der Waals surface area contributed by atoms with E-state index in [4.69, 9.17) is 9.47 Å². The minimum atomic E-state index is 0.127. The number of hydrogen-bond acceptors (Lipinski definition) is 3. The Hall–Kier alpha value is -0.610. The maximum Gasteiger partial charge on any atom is 0.248 e. The van der Waals surface area contributed by atoms with Gasteiger partial charge in [0.05, 0.1) is 13.2 Å². The van der Waals surface area contributed by atoms with Gasteiger partial charge in [-0.05, 0) is 25.7 Å². The van der Waals surface area contributed by atoms with Crippen molar-refractivity contribution >= 4 is 5.91 Å². The summed E-state index contributed by atoms with van der Waals surface area (Å²) in [6, 6.07) is 0.423. The van der Waals surface area contributed by atoms with E-state index in [2.05, 4.69) is 6.92 Å². The van der Waals surface area contributed by atoms with Crippen LogP contribution in [0.25, 0.3) is 0 Å². The van der Waals surface area contributed by atoms with Crippen LogP contribution in [0.1, 0.15) is 32.6 Å². The highest BCUT2D eigenvalue weighted by atomic mass is 16.5. The lowest BCUT2D eigenvalue weighted by Gasteiger charge is -2.35. The maximum atomic E-state index is 11.9. The van der Waals surface area contributed by atoms with E-state index in [1.165, 1.54) is 6.42 Å². The molecule has 0 spiro atoms. The molecule has 1 atom stereocenters. The van der Waals surface area contributed by atoms with Crippen molar-refractivity contribution in [1.82, 2.24) is 4.90 Å². The first-order valence-corrected chi connectivity index (χ1v) is 6.15. The third kappa shape index (κ3) is 4.10. The number of methoxy groups -OCH3 is 1. The zero-order valence-electron chi connectivity index (χ0n) is 10.4. The Bertz CT molecular complexity index is 208. The van der Waals surface area contributed by atoms with E-state index in [0.29, 0.717) is 19.3 Å². The summed E-state index contributed by atoms with van der Waals surface area (Å²) in [5.74, 6) is 0.127. The molecule has 0 saturated carbocycles. The van der Waals surface area contributed by atoms with Crippen molar-refractivity contribution in [2.75, 3.05) is 33.5 Å². The smallest absolute Gasteiger partial charge is 0.248 e. The fourth-order valence-electron chi connectivity index (χ4n) is 2.14. The van der Waals surface area contributed by atoms with Gasteiger partial charge in [-0.3, -0.25) is 4.79 Å². The molecule has 1 aliphatic heterocycles. The highest BCUT2D eigenvalue weighted by molar-refractivity contribution is 5.77. The van der Waals surface area contributed by atoms with Crippen molar-refractivity contribution in [1.29, 1.82) is 0 Å². The number of piperidine rings is 1. The predicted molar refractivity (Wildman–Crippen MR) is 62.3 cm³/mol. The Balaban J connectivity index is 2.27. The van der Waals surface area contributed by atoms with Crippen LogP contribution in [0.4, 0.5) is 0 Å². The molecule has 0 aliphatic carbocycles. The van der Waals surface area contributed by atoms with Gasteiger partial charge in [-0.25, -0.2) is 0 Å². The molecule has 1 rings (SSSR count). The maximum absolute atomic E-state index is 11.9. The predicted octanol–water partition coefficient (Wildman–Crippen LogP) is 1.44. The molecule has 0 aromatic heterocycles. The van der Waals surface area contributed by atoms with E-state index in [-0.39, 0.29) is 12.5 Å². The van der Waals surface area contributed by atoms with Crippen molar-refractivity contribution in [3.05, 3.63) is 0 Å². The van der Waals surface area contributed by atoms with E-state index in [9.17, 15) is 4.79 Å².